The maximum absolute atomic E-state index is 5.72. The molecule has 0 aliphatic heterocycles. The van der Waals surface area contributed by atoms with Crippen molar-refractivity contribution in [3.05, 3.63) is 29.8 Å². The monoisotopic (exact) mass is 205 g/mol. The molecular formula is C13H19NO. The maximum Gasteiger partial charge on any atom is 0.119 e. The van der Waals surface area contributed by atoms with E-state index in [1.54, 1.807) is 0 Å². The van der Waals surface area contributed by atoms with Gasteiger partial charge in [-0.15, -0.1) is 0 Å². The average Bonchev–Trinajstić information content (AvgIpc) is 2.23. The van der Waals surface area contributed by atoms with E-state index in [0.717, 1.165) is 29.8 Å². The molecule has 0 atom stereocenters. The van der Waals surface area contributed by atoms with Crippen LogP contribution in [0.2, 0.25) is 0 Å². The molecule has 1 aliphatic carbocycles. The van der Waals surface area contributed by atoms with Gasteiger partial charge in [0.2, 0.25) is 0 Å². The van der Waals surface area contributed by atoms with E-state index in [4.69, 9.17) is 10.5 Å². The van der Waals surface area contributed by atoms with Crippen LogP contribution in [0.25, 0.3) is 0 Å². The predicted molar refractivity (Wildman–Crippen MR) is 61.7 cm³/mol. The Morgan fingerprint density at radius 2 is 1.93 bits per heavy atom. The van der Waals surface area contributed by atoms with Gasteiger partial charge >= 0.3 is 0 Å². The van der Waals surface area contributed by atoms with Crippen molar-refractivity contribution in [2.75, 3.05) is 6.61 Å². The molecular weight excluding hydrogens is 186 g/mol. The lowest BCUT2D eigenvalue weighted by Crippen LogP contribution is -2.26. The number of rotatable bonds is 4. The van der Waals surface area contributed by atoms with Crippen molar-refractivity contribution in [3.8, 4) is 5.75 Å². The molecule has 1 fully saturated rings. The molecule has 0 saturated heterocycles. The summed E-state index contributed by atoms with van der Waals surface area (Å²) in [5, 5.41) is 0. The third-order valence-corrected chi connectivity index (χ3v) is 3.12. The van der Waals surface area contributed by atoms with Gasteiger partial charge < -0.3 is 10.5 Å². The van der Waals surface area contributed by atoms with Gasteiger partial charge in [-0.25, -0.2) is 0 Å². The molecule has 2 rings (SSSR count). The second-order valence-corrected chi connectivity index (χ2v) is 4.60. The molecule has 1 aromatic rings. The van der Waals surface area contributed by atoms with Crippen molar-refractivity contribution in [3.63, 3.8) is 0 Å². The average molecular weight is 205 g/mol. The van der Waals surface area contributed by atoms with E-state index >= 15 is 0 Å². The first-order valence-corrected chi connectivity index (χ1v) is 5.69. The van der Waals surface area contributed by atoms with Crippen LogP contribution in [0.3, 0.4) is 0 Å². The van der Waals surface area contributed by atoms with Gasteiger partial charge in [0.1, 0.15) is 5.75 Å². The van der Waals surface area contributed by atoms with E-state index in [-0.39, 0.29) is 0 Å². The summed E-state index contributed by atoms with van der Waals surface area (Å²) in [6.45, 7) is 3.76. The molecule has 0 amide bonds. The third-order valence-electron chi connectivity index (χ3n) is 3.12. The first-order chi connectivity index (χ1) is 7.28. The lowest BCUT2D eigenvalue weighted by Gasteiger charge is -2.32. The summed E-state index contributed by atoms with van der Waals surface area (Å²) in [7, 11) is 0. The van der Waals surface area contributed by atoms with Gasteiger partial charge in [-0.1, -0.05) is 19.1 Å². The summed E-state index contributed by atoms with van der Waals surface area (Å²) in [4.78, 5) is 0. The normalized spacial score (nSPS) is 24.7. The van der Waals surface area contributed by atoms with E-state index in [1.807, 2.05) is 24.3 Å². The molecule has 2 heteroatoms. The third kappa shape index (κ3) is 2.72. The smallest absolute Gasteiger partial charge is 0.119 e. The van der Waals surface area contributed by atoms with E-state index in [0.29, 0.717) is 6.54 Å². The highest BCUT2D eigenvalue weighted by atomic mass is 16.5. The van der Waals surface area contributed by atoms with E-state index in [2.05, 4.69) is 6.92 Å². The van der Waals surface area contributed by atoms with Gasteiger partial charge in [-0.05, 0) is 42.4 Å². The van der Waals surface area contributed by atoms with Gasteiger partial charge in [0.25, 0.3) is 0 Å². The quantitative estimate of drug-likeness (QED) is 0.820. The molecule has 0 heterocycles. The van der Waals surface area contributed by atoms with Crippen molar-refractivity contribution >= 4 is 0 Å². The Morgan fingerprint density at radius 3 is 2.47 bits per heavy atom. The molecule has 15 heavy (non-hydrogen) atoms. The zero-order valence-corrected chi connectivity index (χ0v) is 9.28. The second kappa shape index (κ2) is 4.67. The number of hydrogen-bond acceptors (Lipinski definition) is 2. The van der Waals surface area contributed by atoms with Crippen molar-refractivity contribution in [1.82, 2.24) is 0 Å². The number of ether oxygens (including phenoxy) is 1. The van der Waals surface area contributed by atoms with Crippen LogP contribution in [0.4, 0.5) is 0 Å². The number of hydrogen-bond donors (Lipinski definition) is 1. The van der Waals surface area contributed by atoms with Crippen molar-refractivity contribution in [2.45, 2.75) is 26.3 Å². The van der Waals surface area contributed by atoms with E-state index in [9.17, 15) is 0 Å². The van der Waals surface area contributed by atoms with Crippen molar-refractivity contribution in [2.24, 2.45) is 17.6 Å². The minimum Gasteiger partial charge on any atom is -0.493 e. The minimum atomic E-state index is 0.598. The fourth-order valence-corrected chi connectivity index (χ4v) is 2.14. The Labute approximate surface area is 91.4 Å². The summed E-state index contributed by atoms with van der Waals surface area (Å²) in [5.41, 5.74) is 6.68. The molecule has 0 spiro atoms. The van der Waals surface area contributed by atoms with Gasteiger partial charge in [0.15, 0.2) is 0 Å². The summed E-state index contributed by atoms with van der Waals surface area (Å²) in [6, 6.07) is 8.06. The Bertz CT molecular complexity index is 301. The Balaban J connectivity index is 1.78. The summed E-state index contributed by atoms with van der Waals surface area (Å²) < 4.78 is 5.72. The van der Waals surface area contributed by atoms with Crippen LogP contribution < -0.4 is 10.5 Å². The van der Waals surface area contributed by atoms with Crippen LogP contribution in [0.1, 0.15) is 25.3 Å². The van der Waals surface area contributed by atoms with Crippen LogP contribution in [-0.2, 0) is 6.54 Å². The van der Waals surface area contributed by atoms with Crippen LogP contribution >= 0.6 is 0 Å². The number of nitrogens with two attached hydrogens (primary N) is 1. The lowest BCUT2D eigenvalue weighted by atomic mass is 9.77. The molecule has 1 saturated carbocycles. The predicted octanol–water partition coefficient (Wildman–Crippen LogP) is 2.57. The molecule has 0 aromatic heterocycles. The van der Waals surface area contributed by atoms with Gasteiger partial charge in [-0.2, -0.15) is 0 Å². The zero-order chi connectivity index (χ0) is 10.7. The van der Waals surface area contributed by atoms with Crippen LogP contribution in [-0.4, -0.2) is 6.61 Å². The molecule has 0 unspecified atom stereocenters. The molecule has 1 aliphatic rings. The zero-order valence-electron chi connectivity index (χ0n) is 9.28. The largest absolute Gasteiger partial charge is 0.493 e. The second-order valence-electron chi connectivity index (χ2n) is 4.60. The molecule has 2 N–H and O–H groups in total. The Kier molecular flexibility index (Phi) is 3.27. The van der Waals surface area contributed by atoms with Gasteiger partial charge in [-0.3, -0.25) is 0 Å². The van der Waals surface area contributed by atoms with E-state index in [1.165, 1.54) is 12.8 Å². The highest BCUT2D eigenvalue weighted by Crippen LogP contribution is 2.33. The fraction of sp³-hybridized carbons (Fsp3) is 0.538. The highest BCUT2D eigenvalue weighted by molar-refractivity contribution is 5.27. The standard InChI is InChI=1S/C13H19NO/c1-10-6-12(7-10)9-15-13-4-2-11(8-14)3-5-13/h2-5,10,12H,6-9,14H2,1H3. The highest BCUT2D eigenvalue weighted by Gasteiger charge is 2.25. The molecule has 82 valence electrons. The maximum atomic E-state index is 5.72. The van der Waals surface area contributed by atoms with Crippen LogP contribution in [0, 0.1) is 11.8 Å². The molecule has 1 aromatic carbocycles. The lowest BCUT2D eigenvalue weighted by molar-refractivity contribution is 0.131. The van der Waals surface area contributed by atoms with Crippen LogP contribution in [0.15, 0.2) is 24.3 Å². The number of benzene rings is 1. The van der Waals surface area contributed by atoms with Crippen molar-refractivity contribution < 1.29 is 4.74 Å². The van der Waals surface area contributed by atoms with Crippen LogP contribution in [0.5, 0.6) is 5.75 Å². The first kappa shape index (κ1) is 10.5. The summed E-state index contributed by atoms with van der Waals surface area (Å²) in [5.74, 6) is 2.64. The van der Waals surface area contributed by atoms with E-state index < -0.39 is 0 Å². The van der Waals surface area contributed by atoms with Gasteiger partial charge in [0.05, 0.1) is 6.61 Å². The fourth-order valence-electron chi connectivity index (χ4n) is 2.14. The van der Waals surface area contributed by atoms with Crippen molar-refractivity contribution in [1.29, 1.82) is 0 Å². The SMILES string of the molecule is CC1CC(COc2ccc(CN)cc2)C1. The molecule has 0 bridgehead atoms. The minimum absolute atomic E-state index is 0.598. The Morgan fingerprint density at radius 1 is 1.27 bits per heavy atom. The van der Waals surface area contributed by atoms with Gasteiger partial charge in [0, 0.05) is 6.54 Å². The summed E-state index contributed by atoms with van der Waals surface area (Å²) >= 11 is 0. The first-order valence-electron chi connectivity index (χ1n) is 5.69. The topological polar surface area (TPSA) is 35.2 Å². The molecule has 0 radical (unpaired) electrons. The Hall–Kier alpha value is -1.02. The summed E-state index contributed by atoms with van der Waals surface area (Å²) in [6.07, 6.45) is 2.64. The molecule has 2 nitrogen and oxygen atoms in total.